The molecule has 1 amide bonds. The van der Waals surface area contributed by atoms with Crippen LogP contribution < -0.4 is 0 Å². The Bertz CT molecular complexity index is 612. The van der Waals surface area contributed by atoms with E-state index in [-0.39, 0.29) is 18.1 Å². The molecule has 3 rings (SSSR count). The van der Waals surface area contributed by atoms with Crippen molar-refractivity contribution >= 4 is 17.2 Å². The quantitative estimate of drug-likeness (QED) is 0.840. The zero-order valence-electron chi connectivity index (χ0n) is 13.5. The smallest absolute Gasteiger partial charge is 0.223 e. The summed E-state index contributed by atoms with van der Waals surface area (Å²) < 4.78 is 5.93. The van der Waals surface area contributed by atoms with Gasteiger partial charge in [-0.05, 0) is 30.4 Å². The van der Waals surface area contributed by atoms with Crippen molar-refractivity contribution in [2.75, 3.05) is 13.2 Å². The van der Waals surface area contributed by atoms with Crippen LogP contribution in [0.15, 0.2) is 47.8 Å². The first kappa shape index (κ1) is 16.2. The maximum absolute atomic E-state index is 12.6. The van der Waals surface area contributed by atoms with E-state index in [0.29, 0.717) is 19.6 Å². The van der Waals surface area contributed by atoms with Crippen LogP contribution in [0.25, 0.3) is 0 Å². The van der Waals surface area contributed by atoms with Gasteiger partial charge in [0.05, 0.1) is 18.8 Å². The van der Waals surface area contributed by atoms with E-state index >= 15 is 0 Å². The summed E-state index contributed by atoms with van der Waals surface area (Å²) in [7, 11) is 0. The molecule has 1 aromatic carbocycles. The van der Waals surface area contributed by atoms with Gasteiger partial charge in [-0.2, -0.15) is 0 Å². The average Bonchev–Trinajstić information content (AvgIpc) is 3.09. The maximum Gasteiger partial charge on any atom is 0.223 e. The van der Waals surface area contributed by atoms with Gasteiger partial charge in [0.2, 0.25) is 5.91 Å². The largest absolute Gasteiger partial charge is 0.374 e. The van der Waals surface area contributed by atoms with E-state index in [2.05, 4.69) is 30.5 Å². The molecule has 1 fully saturated rings. The molecule has 0 N–H and O–H groups in total. The van der Waals surface area contributed by atoms with Crippen LogP contribution in [0.5, 0.6) is 0 Å². The number of amides is 1. The summed E-state index contributed by atoms with van der Waals surface area (Å²) in [4.78, 5) is 15.9. The topological polar surface area (TPSA) is 29.5 Å². The van der Waals surface area contributed by atoms with Crippen LogP contribution in [0, 0.1) is 0 Å². The first-order valence-corrected chi connectivity index (χ1v) is 9.07. The van der Waals surface area contributed by atoms with Crippen molar-refractivity contribution in [3.8, 4) is 0 Å². The van der Waals surface area contributed by atoms with Crippen molar-refractivity contribution in [3.05, 3.63) is 58.3 Å². The highest BCUT2D eigenvalue weighted by Gasteiger charge is 2.29. The van der Waals surface area contributed by atoms with E-state index in [4.69, 9.17) is 4.74 Å². The fourth-order valence-corrected chi connectivity index (χ4v) is 3.70. The third kappa shape index (κ3) is 4.43. The molecule has 2 aromatic rings. The number of thiophene rings is 1. The molecule has 1 aromatic heterocycles. The van der Waals surface area contributed by atoms with Gasteiger partial charge in [0.25, 0.3) is 0 Å². The van der Waals surface area contributed by atoms with Crippen molar-refractivity contribution < 1.29 is 9.53 Å². The van der Waals surface area contributed by atoms with Crippen LogP contribution in [0.3, 0.4) is 0 Å². The molecular weight excluding hydrogens is 306 g/mol. The highest BCUT2D eigenvalue weighted by Crippen LogP contribution is 2.18. The first-order valence-electron chi connectivity index (χ1n) is 8.20. The van der Waals surface area contributed by atoms with Crippen LogP contribution >= 0.6 is 11.3 Å². The Morgan fingerprint density at radius 1 is 1.26 bits per heavy atom. The van der Waals surface area contributed by atoms with E-state index in [9.17, 15) is 4.79 Å². The summed E-state index contributed by atoms with van der Waals surface area (Å²) in [5, 5.41) is 2.06. The Balaban J connectivity index is 1.55. The number of ether oxygens (including phenoxy) is 1. The number of hydrogen-bond donors (Lipinski definition) is 0. The number of rotatable bonds is 5. The van der Waals surface area contributed by atoms with Crippen LogP contribution in [0.2, 0.25) is 0 Å². The van der Waals surface area contributed by atoms with E-state index in [0.717, 1.165) is 12.8 Å². The fourth-order valence-electron chi connectivity index (χ4n) is 2.99. The molecule has 1 aliphatic heterocycles. The van der Waals surface area contributed by atoms with E-state index in [1.165, 1.54) is 10.4 Å². The lowest BCUT2D eigenvalue weighted by molar-refractivity contribution is -0.144. The number of hydrogen-bond acceptors (Lipinski definition) is 3. The normalized spacial score (nSPS) is 21.3. The molecule has 0 aliphatic carbocycles. The van der Waals surface area contributed by atoms with Crippen molar-refractivity contribution in [2.24, 2.45) is 0 Å². The molecule has 23 heavy (non-hydrogen) atoms. The number of aryl methyl sites for hydroxylation is 1. The number of carbonyl (C=O) groups is 1. The summed E-state index contributed by atoms with van der Waals surface area (Å²) in [5.41, 5.74) is 1.26. The number of benzene rings is 1. The molecule has 2 heterocycles. The average molecular weight is 329 g/mol. The molecule has 0 radical (unpaired) electrons. The summed E-state index contributed by atoms with van der Waals surface area (Å²) in [6.45, 7) is 3.39. The molecule has 122 valence electrons. The Hall–Kier alpha value is -1.65. The van der Waals surface area contributed by atoms with E-state index in [1.807, 2.05) is 29.2 Å². The van der Waals surface area contributed by atoms with Crippen LogP contribution in [0.4, 0.5) is 0 Å². The molecule has 0 spiro atoms. The first-order chi connectivity index (χ1) is 11.2. The molecule has 3 nitrogen and oxygen atoms in total. The van der Waals surface area contributed by atoms with Crippen molar-refractivity contribution in [3.63, 3.8) is 0 Å². The zero-order valence-corrected chi connectivity index (χ0v) is 14.3. The van der Waals surface area contributed by atoms with Gasteiger partial charge in [0, 0.05) is 24.3 Å². The van der Waals surface area contributed by atoms with Gasteiger partial charge >= 0.3 is 0 Å². The third-order valence-corrected chi connectivity index (χ3v) is 5.23. The fraction of sp³-hybridized carbons (Fsp3) is 0.421. The molecule has 0 saturated carbocycles. The second kappa shape index (κ2) is 7.75. The molecule has 0 bridgehead atoms. The minimum Gasteiger partial charge on any atom is -0.374 e. The molecular formula is C19H23NO2S. The number of morpholine rings is 1. The summed E-state index contributed by atoms with van der Waals surface area (Å²) in [5.74, 6) is 0.243. The van der Waals surface area contributed by atoms with E-state index in [1.54, 1.807) is 11.3 Å². The predicted octanol–water partition coefficient (Wildman–Crippen LogP) is 3.54. The third-order valence-electron chi connectivity index (χ3n) is 4.30. The van der Waals surface area contributed by atoms with Gasteiger partial charge in [-0.1, -0.05) is 36.4 Å². The Morgan fingerprint density at radius 3 is 2.83 bits per heavy atom. The minimum atomic E-state index is 0.0966. The maximum atomic E-state index is 12.6. The van der Waals surface area contributed by atoms with Gasteiger partial charge < -0.3 is 9.64 Å². The monoisotopic (exact) mass is 329 g/mol. The lowest BCUT2D eigenvalue weighted by Crippen LogP contribution is -2.51. The predicted molar refractivity (Wildman–Crippen MR) is 93.7 cm³/mol. The molecule has 2 unspecified atom stereocenters. The van der Waals surface area contributed by atoms with Crippen LogP contribution in [0.1, 0.15) is 23.8 Å². The Kier molecular flexibility index (Phi) is 5.47. The standard InChI is InChI=1S/C19H23NO2S/c1-15-14-22-17(12-16-6-3-2-4-7-16)13-20(15)19(21)10-9-18-8-5-11-23-18/h2-8,11,15,17H,9-10,12-14H2,1H3. The Labute approximate surface area is 141 Å². The van der Waals surface area contributed by atoms with Crippen molar-refractivity contribution in [1.29, 1.82) is 0 Å². The second-order valence-electron chi connectivity index (χ2n) is 6.12. The summed E-state index contributed by atoms with van der Waals surface area (Å²) >= 11 is 1.72. The summed E-state index contributed by atoms with van der Waals surface area (Å²) in [6.07, 6.45) is 2.38. The van der Waals surface area contributed by atoms with Gasteiger partial charge in [0.1, 0.15) is 0 Å². The number of carbonyl (C=O) groups excluding carboxylic acids is 1. The minimum absolute atomic E-state index is 0.0966. The summed E-state index contributed by atoms with van der Waals surface area (Å²) in [6, 6.07) is 14.6. The lowest BCUT2D eigenvalue weighted by Gasteiger charge is -2.38. The zero-order chi connectivity index (χ0) is 16.1. The van der Waals surface area contributed by atoms with Crippen LogP contribution in [-0.2, 0) is 22.4 Å². The van der Waals surface area contributed by atoms with Crippen molar-refractivity contribution in [1.82, 2.24) is 4.90 Å². The molecule has 2 atom stereocenters. The van der Waals surface area contributed by atoms with Gasteiger partial charge in [0.15, 0.2) is 0 Å². The Morgan fingerprint density at radius 2 is 2.09 bits per heavy atom. The molecule has 1 aliphatic rings. The number of nitrogens with zero attached hydrogens (tertiary/aromatic N) is 1. The van der Waals surface area contributed by atoms with Gasteiger partial charge in [-0.25, -0.2) is 0 Å². The highest BCUT2D eigenvalue weighted by molar-refractivity contribution is 7.09. The SMILES string of the molecule is CC1COC(Cc2ccccc2)CN1C(=O)CCc1cccs1. The van der Waals surface area contributed by atoms with Gasteiger partial charge in [-0.15, -0.1) is 11.3 Å². The second-order valence-corrected chi connectivity index (χ2v) is 7.15. The van der Waals surface area contributed by atoms with E-state index < -0.39 is 0 Å². The highest BCUT2D eigenvalue weighted by atomic mass is 32.1. The van der Waals surface area contributed by atoms with Crippen LogP contribution in [-0.4, -0.2) is 36.1 Å². The van der Waals surface area contributed by atoms with Gasteiger partial charge in [-0.3, -0.25) is 4.79 Å². The molecule has 4 heteroatoms. The lowest BCUT2D eigenvalue weighted by atomic mass is 10.0. The molecule has 1 saturated heterocycles. The van der Waals surface area contributed by atoms with Crippen molar-refractivity contribution in [2.45, 2.75) is 38.3 Å².